The summed E-state index contributed by atoms with van der Waals surface area (Å²) < 4.78 is 55.2. The highest BCUT2D eigenvalue weighted by Crippen LogP contribution is 2.44. The smallest absolute Gasteiger partial charge is 0.264 e. The molecule has 1 aromatic carbocycles. The zero-order chi connectivity index (χ0) is 22.8. The van der Waals surface area contributed by atoms with E-state index in [9.17, 15) is 13.2 Å². The standard InChI is InChI=1S/C19H30ClFO6SSi/c1-9-25-18-13(12(2)22)10-14(20)17(21)16(18)15(11-26-28(6,23)24)27-29(7,8)19(3,4)5/h10,15H,9,11H2,1-8H3. The minimum absolute atomic E-state index is 0.0114. The van der Waals surface area contributed by atoms with Gasteiger partial charge < -0.3 is 9.16 Å². The second kappa shape index (κ2) is 9.43. The van der Waals surface area contributed by atoms with Crippen LogP contribution in [0.5, 0.6) is 5.75 Å². The van der Waals surface area contributed by atoms with E-state index < -0.39 is 37.0 Å². The molecule has 1 rings (SSSR count). The molecule has 0 aliphatic carbocycles. The Morgan fingerprint density at radius 1 is 1.31 bits per heavy atom. The van der Waals surface area contributed by atoms with Gasteiger partial charge in [-0.1, -0.05) is 32.4 Å². The fraction of sp³-hybridized carbons (Fsp3) is 0.632. The second-order valence-corrected chi connectivity index (χ2v) is 15.1. The average Bonchev–Trinajstić information content (AvgIpc) is 2.53. The van der Waals surface area contributed by atoms with Crippen LogP contribution in [0.3, 0.4) is 0 Å². The van der Waals surface area contributed by atoms with Crippen molar-refractivity contribution in [1.29, 1.82) is 0 Å². The van der Waals surface area contributed by atoms with E-state index >= 15 is 4.39 Å². The van der Waals surface area contributed by atoms with Crippen molar-refractivity contribution < 1.29 is 30.9 Å². The summed E-state index contributed by atoms with van der Waals surface area (Å²) in [6.45, 7) is 12.5. The third-order valence-corrected chi connectivity index (χ3v) is 10.2. The van der Waals surface area contributed by atoms with E-state index in [1.165, 1.54) is 13.0 Å². The summed E-state index contributed by atoms with van der Waals surface area (Å²) in [6, 6.07) is 1.20. The van der Waals surface area contributed by atoms with Crippen LogP contribution in [0.25, 0.3) is 0 Å². The molecule has 1 unspecified atom stereocenters. The maximum Gasteiger partial charge on any atom is 0.264 e. The molecule has 0 aromatic heterocycles. The van der Waals surface area contributed by atoms with Crippen LogP contribution < -0.4 is 4.74 Å². The molecule has 0 aliphatic heterocycles. The SMILES string of the molecule is CCOc1c(C(C)=O)cc(Cl)c(F)c1C(COS(C)(=O)=O)O[Si](C)(C)C(C)(C)C. The van der Waals surface area contributed by atoms with Crippen molar-refractivity contribution in [3.63, 3.8) is 0 Å². The average molecular weight is 469 g/mol. The van der Waals surface area contributed by atoms with Crippen molar-refractivity contribution in [2.24, 2.45) is 0 Å². The van der Waals surface area contributed by atoms with Gasteiger partial charge in [-0.15, -0.1) is 0 Å². The van der Waals surface area contributed by atoms with Crippen molar-refractivity contribution in [2.45, 2.75) is 58.9 Å². The number of hydrogen-bond donors (Lipinski definition) is 0. The van der Waals surface area contributed by atoms with Gasteiger partial charge in [0.2, 0.25) is 0 Å². The van der Waals surface area contributed by atoms with Gasteiger partial charge in [-0.3, -0.25) is 8.98 Å². The van der Waals surface area contributed by atoms with Gasteiger partial charge in [-0.25, -0.2) is 4.39 Å². The number of Topliss-reactive ketones (excluding diaryl/α,β-unsaturated/α-hetero) is 1. The molecular formula is C19H30ClFO6SSi. The maximum atomic E-state index is 15.2. The zero-order valence-electron chi connectivity index (χ0n) is 18.2. The first-order valence-electron chi connectivity index (χ1n) is 9.19. The Kier molecular flexibility index (Phi) is 8.46. The van der Waals surface area contributed by atoms with E-state index in [2.05, 4.69) is 0 Å². The number of hydrogen-bond acceptors (Lipinski definition) is 6. The quantitative estimate of drug-likeness (QED) is 0.284. The Morgan fingerprint density at radius 2 is 1.86 bits per heavy atom. The Morgan fingerprint density at radius 3 is 2.28 bits per heavy atom. The maximum absolute atomic E-state index is 15.2. The summed E-state index contributed by atoms with van der Waals surface area (Å²) in [5.74, 6) is -1.21. The third kappa shape index (κ3) is 6.75. The van der Waals surface area contributed by atoms with Gasteiger partial charge in [-0.05, 0) is 38.0 Å². The number of carbonyl (C=O) groups excluding carboxylic acids is 1. The first-order valence-corrected chi connectivity index (χ1v) is 14.3. The van der Waals surface area contributed by atoms with E-state index in [1.807, 2.05) is 33.9 Å². The lowest BCUT2D eigenvalue weighted by molar-refractivity contribution is 0.100. The summed E-state index contributed by atoms with van der Waals surface area (Å²) in [5, 5.41) is -0.530. The number of ether oxygens (including phenoxy) is 1. The molecule has 0 spiro atoms. The molecule has 0 aliphatic rings. The van der Waals surface area contributed by atoms with Crippen LogP contribution >= 0.6 is 11.6 Å². The molecule has 10 heteroatoms. The van der Waals surface area contributed by atoms with Gasteiger partial charge in [0.25, 0.3) is 10.1 Å². The van der Waals surface area contributed by atoms with Crippen LogP contribution in [0, 0.1) is 5.82 Å². The normalized spacial score (nSPS) is 14.0. The topological polar surface area (TPSA) is 78.9 Å². The summed E-state index contributed by atoms with van der Waals surface area (Å²) in [5.41, 5.74) is -0.0190. The molecule has 29 heavy (non-hydrogen) atoms. The number of benzene rings is 1. The van der Waals surface area contributed by atoms with Gasteiger partial charge >= 0.3 is 0 Å². The molecule has 0 heterocycles. The fourth-order valence-corrected chi connectivity index (χ4v) is 4.20. The fourth-order valence-electron chi connectivity index (χ4n) is 2.37. The summed E-state index contributed by atoms with van der Waals surface area (Å²) in [4.78, 5) is 12.1. The van der Waals surface area contributed by atoms with Crippen LogP contribution in [0.1, 0.15) is 56.6 Å². The van der Waals surface area contributed by atoms with E-state index in [1.54, 1.807) is 6.92 Å². The van der Waals surface area contributed by atoms with Gasteiger partial charge in [-0.2, -0.15) is 8.42 Å². The molecule has 1 aromatic rings. The van der Waals surface area contributed by atoms with Crippen LogP contribution in [0.2, 0.25) is 23.2 Å². The van der Waals surface area contributed by atoms with E-state index in [-0.39, 0.29) is 39.3 Å². The van der Waals surface area contributed by atoms with Gasteiger partial charge in [0, 0.05) is 0 Å². The molecule has 0 saturated carbocycles. The van der Waals surface area contributed by atoms with E-state index in [0.717, 1.165) is 6.26 Å². The summed E-state index contributed by atoms with van der Waals surface area (Å²) in [6.07, 6.45) is -0.237. The molecule has 0 radical (unpaired) electrons. The first-order chi connectivity index (χ1) is 13.0. The first kappa shape index (κ1) is 26.0. The Balaban J connectivity index is 3.72. The highest BCUT2D eigenvalue weighted by molar-refractivity contribution is 7.85. The molecule has 0 N–H and O–H groups in total. The zero-order valence-corrected chi connectivity index (χ0v) is 20.8. The lowest BCUT2D eigenvalue weighted by Crippen LogP contribution is -2.43. The molecule has 0 amide bonds. The van der Waals surface area contributed by atoms with Crippen molar-refractivity contribution in [3.05, 3.63) is 28.0 Å². The van der Waals surface area contributed by atoms with Gasteiger partial charge in [0.05, 0.1) is 35.6 Å². The lowest BCUT2D eigenvalue weighted by atomic mass is 10.0. The third-order valence-electron chi connectivity index (χ3n) is 4.87. The molecule has 0 bridgehead atoms. The van der Waals surface area contributed by atoms with E-state index in [4.69, 9.17) is 24.9 Å². The largest absolute Gasteiger partial charge is 0.493 e. The van der Waals surface area contributed by atoms with Crippen molar-refractivity contribution in [1.82, 2.24) is 0 Å². The summed E-state index contributed by atoms with van der Waals surface area (Å²) >= 11 is 6.04. The highest BCUT2D eigenvalue weighted by Gasteiger charge is 2.41. The number of carbonyl (C=O) groups is 1. The van der Waals surface area contributed by atoms with Crippen LogP contribution in [0.4, 0.5) is 4.39 Å². The Labute approximate surface area is 178 Å². The minimum atomic E-state index is -3.82. The molecule has 1 atom stereocenters. The van der Waals surface area contributed by atoms with Crippen molar-refractivity contribution in [3.8, 4) is 5.75 Å². The molecule has 166 valence electrons. The number of rotatable bonds is 9. The van der Waals surface area contributed by atoms with Crippen molar-refractivity contribution >= 4 is 35.8 Å². The highest BCUT2D eigenvalue weighted by atomic mass is 35.5. The van der Waals surface area contributed by atoms with Crippen LogP contribution in [-0.4, -0.2) is 42.0 Å². The molecule has 0 saturated heterocycles. The van der Waals surface area contributed by atoms with Gasteiger partial charge in [0.15, 0.2) is 19.9 Å². The molecular weight excluding hydrogens is 439 g/mol. The Hall–Kier alpha value is -1.00. The summed E-state index contributed by atoms with van der Waals surface area (Å²) in [7, 11) is -6.32. The number of halogens is 2. The van der Waals surface area contributed by atoms with Crippen LogP contribution in [-0.2, 0) is 18.7 Å². The van der Waals surface area contributed by atoms with Gasteiger partial charge in [0.1, 0.15) is 11.9 Å². The predicted molar refractivity (Wildman–Crippen MR) is 114 cm³/mol. The molecule has 0 fully saturated rings. The van der Waals surface area contributed by atoms with E-state index in [0.29, 0.717) is 0 Å². The van der Waals surface area contributed by atoms with Crippen LogP contribution in [0.15, 0.2) is 6.07 Å². The molecule has 6 nitrogen and oxygen atoms in total. The Bertz CT molecular complexity index is 864. The predicted octanol–water partition coefficient (Wildman–Crippen LogP) is 5.12. The monoisotopic (exact) mass is 468 g/mol. The van der Waals surface area contributed by atoms with Crippen molar-refractivity contribution in [2.75, 3.05) is 19.5 Å². The minimum Gasteiger partial charge on any atom is -0.493 e. The lowest BCUT2D eigenvalue weighted by Gasteiger charge is -2.39. The number of ketones is 1. The second-order valence-electron chi connectivity index (χ2n) is 8.31.